The molecule has 0 saturated carbocycles. The molecule has 0 spiro atoms. The number of nitrogens with one attached hydrogen (secondary N) is 2. The Morgan fingerprint density at radius 2 is 1.94 bits per heavy atom. The maximum Gasteiger partial charge on any atom is 0.332 e. The van der Waals surface area contributed by atoms with Crippen molar-refractivity contribution in [3.63, 3.8) is 0 Å². The van der Waals surface area contributed by atoms with Crippen molar-refractivity contribution in [1.82, 2.24) is 9.88 Å². The number of fused-ring (bicyclic) bond motifs is 5. The van der Waals surface area contributed by atoms with Crippen LogP contribution in [0.25, 0.3) is 10.9 Å². The number of H-pyrrole nitrogens is 1. The summed E-state index contributed by atoms with van der Waals surface area (Å²) in [5, 5.41) is 1.34. The first-order chi connectivity index (χ1) is 16.5. The number of aromatic nitrogens is 1. The lowest BCUT2D eigenvalue weighted by Gasteiger charge is -2.52. The fourth-order valence-corrected chi connectivity index (χ4v) is 6.10. The summed E-state index contributed by atoms with van der Waals surface area (Å²) < 4.78 is 0. The predicted molar refractivity (Wildman–Crippen MR) is 134 cm³/mol. The predicted octanol–water partition coefficient (Wildman–Crippen LogP) is 5.81. The monoisotopic (exact) mass is 459 g/mol. The first-order valence-corrected chi connectivity index (χ1v) is 12.4. The van der Waals surface area contributed by atoms with Crippen molar-refractivity contribution in [3.8, 4) is 0 Å². The number of para-hydroxylation sites is 1. The minimum absolute atomic E-state index is 0.00997. The van der Waals surface area contributed by atoms with Crippen LogP contribution in [0.5, 0.6) is 0 Å². The van der Waals surface area contributed by atoms with Crippen molar-refractivity contribution in [2.75, 3.05) is 18.6 Å². The van der Waals surface area contributed by atoms with E-state index in [9.17, 15) is 9.59 Å². The number of aromatic amines is 1. The summed E-state index contributed by atoms with van der Waals surface area (Å²) in [6.45, 7) is 5.98. The van der Waals surface area contributed by atoms with Crippen LogP contribution in [-0.4, -0.2) is 34.7 Å². The lowest BCUT2D eigenvalue weighted by atomic mass is 9.65. The summed E-state index contributed by atoms with van der Waals surface area (Å²) in [6.07, 6.45) is 5.54. The van der Waals surface area contributed by atoms with E-state index in [0.29, 0.717) is 23.7 Å². The summed E-state index contributed by atoms with van der Waals surface area (Å²) in [5.41, 5.74) is 8.08. The van der Waals surface area contributed by atoms with Gasteiger partial charge in [-0.25, -0.2) is 10.3 Å². The van der Waals surface area contributed by atoms with Crippen molar-refractivity contribution < 1.29 is 14.4 Å². The van der Waals surface area contributed by atoms with Crippen LogP contribution >= 0.6 is 0 Å². The standard InChI is InChI=1S/C28H33N3O3/c1-3-28(16-13-25(33)34-30-21-11-9-20(10-12-21)19(2)32)15-6-17-31-18-14-23-22-7-4-5-8-24(22)29-26(23)27(28)31/h4-5,7-12,27,29-30H,3,6,13-18H2,1-2H3/t27?,28-/m1/s1. The van der Waals surface area contributed by atoms with Gasteiger partial charge < -0.3 is 9.82 Å². The van der Waals surface area contributed by atoms with Crippen molar-refractivity contribution in [1.29, 1.82) is 0 Å². The van der Waals surface area contributed by atoms with Gasteiger partial charge in [0.15, 0.2) is 5.78 Å². The molecule has 2 atom stereocenters. The second-order valence-corrected chi connectivity index (χ2v) is 9.78. The van der Waals surface area contributed by atoms with Gasteiger partial charge in [-0.15, -0.1) is 0 Å². The highest BCUT2D eigenvalue weighted by atomic mass is 16.7. The molecule has 34 heavy (non-hydrogen) atoms. The molecule has 3 aromatic rings. The number of rotatable bonds is 7. The summed E-state index contributed by atoms with van der Waals surface area (Å²) in [5.74, 6) is -0.246. The van der Waals surface area contributed by atoms with Crippen LogP contribution in [-0.2, 0) is 16.1 Å². The Kier molecular flexibility index (Phi) is 6.17. The van der Waals surface area contributed by atoms with Crippen LogP contribution in [0.1, 0.15) is 73.6 Å². The molecule has 0 aliphatic carbocycles. The van der Waals surface area contributed by atoms with Gasteiger partial charge in [0.1, 0.15) is 0 Å². The van der Waals surface area contributed by atoms with E-state index in [1.165, 1.54) is 29.1 Å². The highest BCUT2D eigenvalue weighted by molar-refractivity contribution is 5.94. The summed E-state index contributed by atoms with van der Waals surface area (Å²) in [7, 11) is 0. The lowest BCUT2D eigenvalue weighted by molar-refractivity contribution is -0.142. The van der Waals surface area contributed by atoms with E-state index < -0.39 is 0 Å². The normalized spacial score (nSPS) is 22.1. The van der Waals surface area contributed by atoms with Gasteiger partial charge in [0.25, 0.3) is 0 Å². The number of Topliss-reactive ketones (excluding diaryl/α,β-unsaturated/α-hetero) is 1. The van der Waals surface area contributed by atoms with E-state index >= 15 is 0 Å². The lowest BCUT2D eigenvalue weighted by Crippen LogP contribution is -2.49. The summed E-state index contributed by atoms with van der Waals surface area (Å²) >= 11 is 0. The highest BCUT2D eigenvalue weighted by Crippen LogP contribution is 2.53. The van der Waals surface area contributed by atoms with Gasteiger partial charge in [-0.05, 0) is 86.9 Å². The number of nitrogens with zero attached hydrogens (tertiary/aromatic N) is 1. The minimum atomic E-state index is -0.256. The molecule has 3 heterocycles. The zero-order valence-corrected chi connectivity index (χ0v) is 20.0. The maximum absolute atomic E-state index is 12.7. The molecule has 1 fully saturated rings. The fraction of sp³-hybridized carbons (Fsp3) is 0.429. The third-order valence-corrected chi connectivity index (χ3v) is 7.94. The molecule has 2 N–H and O–H groups in total. The SMILES string of the molecule is CC[C@]1(CCC(=O)ONc2ccc(C(C)=O)cc2)CCCN2CCc3c([nH]c4ccccc34)C21. The molecule has 1 aromatic heterocycles. The Hall–Kier alpha value is -3.12. The molecule has 2 aromatic carbocycles. The highest BCUT2D eigenvalue weighted by Gasteiger charge is 2.47. The number of piperidine rings is 1. The maximum atomic E-state index is 12.7. The Morgan fingerprint density at radius 1 is 1.15 bits per heavy atom. The van der Waals surface area contributed by atoms with Crippen LogP contribution in [0.3, 0.4) is 0 Å². The molecule has 2 aliphatic rings. The van der Waals surface area contributed by atoms with Crippen LogP contribution < -0.4 is 5.48 Å². The van der Waals surface area contributed by atoms with E-state index in [0.717, 1.165) is 45.2 Å². The first kappa shape index (κ1) is 22.7. The topological polar surface area (TPSA) is 74.4 Å². The average molecular weight is 460 g/mol. The first-order valence-electron chi connectivity index (χ1n) is 12.4. The van der Waals surface area contributed by atoms with E-state index in [-0.39, 0.29) is 17.2 Å². The fourth-order valence-electron chi connectivity index (χ4n) is 6.10. The molecular formula is C28H33N3O3. The number of benzene rings is 2. The molecule has 1 saturated heterocycles. The second kappa shape index (κ2) is 9.26. The Labute approximate surface area is 200 Å². The van der Waals surface area contributed by atoms with E-state index in [2.05, 4.69) is 46.6 Å². The Bertz CT molecular complexity index is 1200. The Morgan fingerprint density at radius 3 is 2.71 bits per heavy atom. The minimum Gasteiger partial charge on any atom is -0.357 e. The Balaban J connectivity index is 1.30. The molecule has 6 nitrogen and oxygen atoms in total. The number of carbonyl (C=O) groups is 2. The van der Waals surface area contributed by atoms with E-state index in [1.807, 2.05) is 0 Å². The number of ketones is 1. The smallest absolute Gasteiger partial charge is 0.332 e. The largest absolute Gasteiger partial charge is 0.357 e. The molecule has 178 valence electrons. The molecule has 5 rings (SSSR count). The molecule has 0 bridgehead atoms. The van der Waals surface area contributed by atoms with Gasteiger partial charge in [-0.2, -0.15) is 0 Å². The van der Waals surface area contributed by atoms with Gasteiger partial charge in [-0.3, -0.25) is 9.69 Å². The van der Waals surface area contributed by atoms with Gasteiger partial charge in [-0.1, -0.05) is 25.1 Å². The van der Waals surface area contributed by atoms with Gasteiger partial charge in [0.2, 0.25) is 0 Å². The molecule has 2 aliphatic heterocycles. The van der Waals surface area contributed by atoms with Crippen molar-refractivity contribution in [3.05, 3.63) is 65.4 Å². The van der Waals surface area contributed by atoms with Crippen LogP contribution in [0.2, 0.25) is 0 Å². The number of anilines is 1. The van der Waals surface area contributed by atoms with Crippen molar-refractivity contribution in [2.24, 2.45) is 5.41 Å². The van der Waals surface area contributed by atoms with Crippen LogP contribution in [0.4, 0.5) is 5.69 Å². The van der Waals surface area contributed by atoms with Gasteiger partial charge in [0, 0.05) is 35.1 Å². The second-order valence-electron chi connectivity index (χ2n) is 9.78. The molecule has 0 radical (unpaired) electrons. The van der Waals surface area contributed by atoms with Gasteiger partial charge in [0.05, 0.1) is 11.7 Å². The zero-order chi connectivity index (χ0) is 23.7. The van der Waals surface area contributed by atoms with Crippen LogP contribution in [0.15, 0.2) is 48.5 Å². The third-order valence-electron chi connectivity index (χ3n) is 7.94. The average Bonchev–Trinajstić information content (AvgIpc) is 3.25. The molecular weight excluding hydrogens is 426 g/mol. The quantitative estimate of drug-likeness (QED) is 0.344. The molecule has 6 heteroatoms. The van der Waals surface area contributed by atoms with Crippen LogP contribution in [0, 0.1) is 5.41 Å². The third kappa shape index (κ3) is 4.11. The number of hydrogen-bond acceptors (Lipinski definition) is 5. The molecule has 0 amide bonds. The van der Waals surface area contributed by atoms with Crippen molar-refractivity contribution in [2.45, 2.75) is 58.4 Å². The van der Waals surface area contributed by atoms with E-state index in [4.69, 9.17) is 4.84 Å². The zero-order valence-electron chi connectivity index (χ0n) is 20.0. The van der Waals surface area contributed by atoms with Crippen molar-refractivity contribution >= 4 is 28.3 Å². The number of carbonyl (C=O) groups excluding carboxylic acids is 2. The molecule has 1 unspecified atom stereocenters. The van der Waals surface area contributed by atoms with Gasteiger partial charge >= 0.3 is 5.97 Å². The van der Waals surface area contributed by atoms with E-state index in [1.54, 1.807) is 24.3 Å². The summed E-state index contributed by atoms with van der Waals surface area (Å²) in [4.78, 5) is 35.9. The number of hydrogen-bond donors (Lipinski definition) is 2. The summed E-state index contributed by atoms with van der Waals surface area (Å²) in [6, 6.07) is 15.8.